The van der Waals surface area contributed by atoms with E-state index in [1.54, 1.807) is 12.1 Å². The summed E-state index contributed by atoms with van der Waals surface area (Å²) in [4.78, 5) is 0. The lowest BCUT2D eigenvalue weighted by Crippen LogP contribution is -2.18. The van der Waals surface area contributed by atoms with Gasteiger partial charge in [0.05, 0.1) is 6.04 Å². The van der Waals surface area contributed by atoms with Crippen molar-refractivity contribution in [3.63, 3.8) is 0 Å². The van der Waals surface area contributed by atoms with Gasteiger partial charge in [-0.15, -0.1) is 0 Å². The second-order valence-corrected chi connectivity index (χ2v) is 6.54. The Morgan fingerprint density at radius 1 is 1.14 bits per heavy atom. The molecule has 0 amide bonds. The number of rotatable bonds is 4. The summed E-state index contributed by atoms with van der Waals surface area (Å²) >= 11 is 3.52. The molecule has 0 aromatic heterocycles. The summed E-state index contributed by atoms with van der Waals surface area (Å²) in [6.07, 6.45) is 3.97. The third-order valence-electron chi connectivity index (χ3n) is 4.40. The van der Waals surface area contributed by atoms with E-state index in [0.29, 0.717) is 0 Å². The first-order valence-corrected chi connectivity index (χ1v) is 8.20. The largest absolute Gasteiger partial charge is 0.309 e. The molecule has 1 aliphatic rings. The lowest BCUT2D eigenvalue weighted by atomic mass is 9.79. The zero-order valence-electron chi connectivity index (χ0n) is 12.1. The normalized spacial score (nSPS) is 16.5. The van der Waals surface area contributed by atoms with Gasteiger partial charge >= 0.3 is 0 Å². The molecular formula is C18H19BrFN. The molecule has 1 fully saturated rings. The average Bonchev–Trinajstić information content (AvgIpc) is 2.43. The molecule has 0 heterocycles. The van der Waals surface area contributed by atoms with Crippen molar-refractivity contribution in [2.75, 3.05) is 7.05 Å². The van der Waals surface area contributed by atoms with E-state index in [0.717, 1.165) is 21.5 Å². The van der Waals surface area contributed by atoms with Crippen LogP contribution in [0.2, 0.25) is 0 Å². The molecule has 1 atom stereocenters. The number of nitrogens with one attached hydrogen (secondary N) is 1. The van der Waals surface area contributed by atoms with Crippen LogP contribution in [-0.4, -0.2) is 7.05 Å². The van der Waals surface area contributed by atoms with Crippen LogP contribution in [0.3, 0.4) is 0 Å². The third kappa shape index (κ3) is 3.04. The molecule has 3 rings (SSSR count). The molecule has 21 heavy (non-hydrogen) atoms. The highest BCUT2D eigenvalue weighted by Gasteiger charge is 2.20. The lowest BCUT2D eigenvalue weighted by molar-refractivity contribution is 0.419. The van der Waals surface area contributed by atoms with Crippen LogP contribution < -0.4 is 5.32 Å². The van der Waals surface area contributed by atoms with Gasteiger partial charge in [0.2, 0.25) is 0 Å². The fraction of sp³-hybridized carbons (Fsp3) is 0.333. The number of hydrogen-bond acceptors (Lipinski definition) is 1. The summed E-state index contributed by atoms with van der Waals surface area (Å²) in [6.45, 7) is 0. The van der Waals surface area contributed by atoms with Crippen LogP contribution in [-0.2, 0) is 0 Å². The molecule has 2 aromatic carbocycles. The molecule has 0 bridgehead atoms. The zero-order chi connectivity index (χ0) is 14.8. The highest BCUT2D eigenvalue weighted by atomic mass is 79.9. The predicted octanol–water partition coefficient (Wildman–Crippen LogP) is 5.16. The van der Waals surface area contributed by atoms with E-state index in [4.69, 9.17) is 0 Å². The number of hydrogen-bond donors (Lipinski definition) is 1. The zero-order valence-corrected chi connectivity index (χ0v) is 13.7. The van der Waals surface area contributed by atoms with E-state index < -0.39 is 0 Å². The standard InChI is InChI=1S/C18H19BrFN/c1-21-18(16-11-15(20)9-10-17(16)19)14-7-5-13(6-8-14)12-3-2-4-12/h5-12,18,21H,2-4H2,1H3. The molecule has 3 heteroatoms. The molecule has 110 valence electrons. The van der Waals surface area contributed by atoms with Crippen molar-refractivity contribution in [1.82, 2.24) is 5.32 Å². The Hall–Kier alpha value is -1.19. The predicted molar refractivity (Wildman–Crippen MR) is 88.0 cm³/mol. The highest BCUT2D eigenvalue weighted by Crippen LogP contribution is 2.37. The van der Waals surface area contributed by atoms with E-state index in [2.05, 4.69) is 45.5 Å². The Balaban J connectivity index is 1.90. The van der Waals surface area contributed by atoms with Gasteiger partial charge in [0.15, 0.2) is 0 Å². The minimum absolute atomic E-state index is 0.00878. The summed E-state index contributed by atoms with van der Waals surface area (Å²) in [6, 6.07) is 13.6. The topological polar surface area (TPSA) is 12.0 Å². The molecule has 1 unspecified atom stereocenters. The maximum absolute atomic E-state index is 13.5. The van der Waals surface area contributed by atoms with Gasteiger partial charge in [-0.1, -0.05) is 46.6 Å². The van der Waals surface area contributed by atoms with Crippen LogP contribution in [0.15, 0.2) is 46.9 Å². The second-order valence-electron chi connectivity index (χ2n) is 5.68. The van der Waals surface area contributed by atoms with Crippen molar-refractivity contribution >= 4 is 15.9 Å². The van der Waals surface area contributed by atoms with E-state index >= 15 is 0 Å². The van der Waals surface area contributed by atoms with E-state index in [9.17, 15) is 4.39 Å². The van der Waals surface area contributed by atoms with Crippen molar-refractivity contribution in [3.05, 3.63) is 69.4 Å². The Kier molecular flexibility index (Phi) is 4.41. The molecule has 0 saturated heterocycles. The minimum atomic E-state index is -0.209. The van der Waals surface area contributed by atoms with Crippen LogP contribution >= 0.6 is 15.9 Å². The van der Waals surface area contributed by atoms with Gasteiger partial charge in [-0.25, -0.2) is 4.39 Å². The fourth-order valence-electron chi connectivity index (χ4n) is 2.94. The summed E-state index contributed by atoms with van der Waals surface area (Å²) in [7, 11) is 1.90. The monoisotopic (exact) mass is 347 g/mol. The van der Waals surface area contributed by atoms with E-state index in [-0.39, 0.29) is 11.9 Å². The molecule has 1 N–H and O–H groups in total. The van der Waals surface area contributed by atoms with Gasteiger partial charge in [-0.3, -0.25) is 0 Å². The van der Waals surface area contributed by atoms with Gasteiger partial charge in [-0.05, 0) is 60.7 Å². The molecule has 0 radical (unpaired) electrons. The van der Waals surface area contributed by atoms with Gasteiger partial charge in [0.25, 0.3) is 0 Å². The first-order chi connectivity index (χ1) is 10.2. The van der Waals surface area contributed by atoms with Gasteiger partial charge in [0, 0.05) is 4.47 Å². The van der Waals surface area contributed by atoms with Crippen molar-refractivity contribution in [2.45, 2.75) is 31.2 Å². The summed E-state index contributed by atoms with van der Waals surface area (Å²) in [5, 5.41) is 3.28. The maximum atomic E-state index is 13.5. The van der Waals surface area contributed by atoms with Gasteiger partial charge in [-0.2, -0.15) is 0 Å². The Bertz CT molecular complexity index is 620. The van der Waals surface area contributed by atoms with Crippen LogP contribution in [0.25, 0.3) is 0 Å². The number of halogens is 2. The maximum Gasteiger partial charge on any atom is 0.123 e. The minimum Gasteiger partial charge on any atom is -0.309 e. The lowest BCUT2D eigenvalue weighted by Gasteiger charge is -2.26. The second kappa shape index (κ2) is 6.29. The SMILES string of the molecule is CNC(c1ccc(C2CCC2)cc1)c1cc(F)ccc1Br. The molecule has 2 aromatic rings. The fourth-order valence-corrected chi connectivity index (χ4v) is 3.42. The molecule has 0 spiro atoms. The first-order valence-electron chi connectivity index (χ1n) is 7.41. The van der Waals surface area contributed by atoms with Crippen molar-refractivity contribution < 1.29 is 4.39 Å². The third-order valence-corrected chi connectivity index (χ3v) is 5.13. The Morgan fingerprint density at radius 2 is 1.86 bits per heavy atom. The van der Waals surface area contributed by atoms with Gasteiger partial charge in [0.1, 0.15) is 5.82 Å². The smallest absolute Gasteiger partial charge is 0.123 e. The summed E-state index contributed by atoms with van der Waals surface area (Å²) in [5.74, 6) is 0.535. The first kappa shape index (κ1) is 14.7. The van der Waals surface area contributed by atoms with E-state index in [1.807, 2.05) is 7.05 Å². The molecule has 1 saturated carbocycles. The van der Waals surface area contributed by atoms with Crippen LogP contribution in [0.4, 0.5) is 4.39 Å². The van der Waals surface area contributed by atoms with Crippen molar-refractivity contribution in [3.8, 4) is 0 Å². The quantitative estimate of drug-likeness (QED) is 0.804. The van der Waals surface area contributed by atoms with E-state index in [1.165, 1.54) is 30.9 Å². The number of benzene rings is 2. The van der Waals surface area contributed by atoms with Crippen LogP contribution in [0, 0.1) is 5.82 Å². The van der Waals surface area contributed by atoms with Crippen molar-refractivity contribution in [2.24, 2.45) is 0 Å². The Labute approximate surface area is 133 Å². The van der Waals surface area contributed by atoms with Gasteiger partial charge < -0.3 is 5.32 Å². The Morgan fingerprint density at radius 3 is 2.43 bits per heavy atom. The molecule has 0 aliphatic heterocycles. The summed E-state index contributed by atoms with van der Waals surface area (Å²) in [5.41, 5.74) is 3.51. The molecule has 1 nitrogen and oxygen atoms in total. The molecular weight excluding hydrogens is 329 g/mol. The average molecular weight is 348 g/mol. The highest BCUT2D eigenvalue weighted by molar-refractivity contribution is 9.10. The van der Waals surface area contributed by atoms with Crippen LogP contribution in [0.1, 0.15) is 47.9 Å². The van der Waals surface area contributed by atoms with Crippen LogP contribution in [0.5, 0.6) is 0 Å². The van der Waals surface area contributed by atoms with Crippen molar-refractivity contribution in [1.29, 1.82) is 0 Å². The molecule has 1 aliphatic carbocycles. The summed E-state index contributed by atoms with van der Waals surface area (Å²) < 4.78 is 14.5.